The van der Waals surface area contributed by atoms with Crippen LogP contribution in [0.5, 0.6) is 0 Å². The van der Waals surface area contributed by atoms with E-state index in [4.69, 9.17) is 5.11 Å². The van der Waals surface area contributed by atoms with Crippen molar-refractivity contribution in [3.8, 4) is 0 Å². The zero-order chi connectivity index (χ0) is 18.8. The van der Waals surface area contributed by atoms with Crippen LogP contribution < -0.4 is 0 Å². The molecule has 0 atom stereocenters. The average Bonchev–Trinajstić information content (AvgIpc) is 3.03. The molecule has 8 heteroatoms. The molecule has 0 unspecified atom stereocenters. The van der Waals surface area contributed by atoms with E-state index >= 15 is 0 Å². The normalized spacial score (nSPS) is 15.5. The van der Waals surface area contributed by atoms with Gasteiger partial charge in [-0.05, 0) is 31.9 Å². The summed E-state index contributed by atoms with van der Waals surface area (Å²) in [6.07, 6.45) is -0.0194. The Morgan fingerprint density at radius 2 is 1.96 bits per heavy atom. The van der Waals surface area contributed by atoms with E-state index in [1.807, 2.05) is 0 Å². The number of hydrogen-bond acceptors (Lipinski definition) is 3. The van der Waals surface area contributed by atoms with Gasteiger partial charge in [0.25, 0.3) is 12.3 Å². The van der Waals surface area contributed by atoms with Crippen molar-refractivity contribution in [2.45, 2.75) is 32.2 Å². The predicted molar refractivity (Wildman–Crippen MR) is 89.5 cm³/mol. The van der Waals surface area contributed by atoms with Gasteiger partial charge in [0.2, 0.25) is 0 Å². The van der Waals surface area contributed by atoms with Crippen LogP contribution in [0.3, 0.4) is 0 Å². The Morgan fingerprint density at radius 1 is 1.27 bits per heavy atom. The van der Waals surface area contributed by atoms with Crippen LogP contribution >= 0.6 is 0 Å². The van der Waals surface area contributed by atoms with E-state index in [2.05, 4.69) is 5.10 Å². The van der Waals surface area contributed by atoms with Crippen molar-refractivity contribution >= 4 is 11.9 Å². The number of carboxylic acid groups (broad SMARTS) is 1. The number of alkyl halides is 2. The van der Waals surface area contributed by atoms with Crippen LogP contribution in [0.2, 0.25) is 0 Å². The molecule has 1 fully saturated rings. The molecular weight excluding hydrogens is 344 g/mol. The molecule has 1 saturated heterocycles. The lowest BCUT2D eigenvalue weighted by molar-refractivity contribution is 0.0687. The number of rotatable bonds is 4. The minimum absolute atomic E-state index is 0.0135. The van der Waals surface area contributed by atoms with Gasteiger partial charge in [0, 0.05) is 24.2 Å². The second-order valence-electron chi connectivity index (χ2n) is 6.34. The minimum atomic E-state index is -2.61. The molecule has 0 saturated carbocycles. The number of likely N-dealkylation sites (tertiary alicyclic amines) is 1. The topological polar surface area (TPSA) is 75.4 Å². The summed E-state index contributed by atoms with van der Waals surface area (Å²) < 4.78 is 27.3. The van der Waals surface area contributed by atoms with Gasteiger partial charge < -0.3 is 10.0 Å². The Labute approximate surface area is 149 Å². The standard InChI is InChI=1S/C18H19F2N3O3/c1-11-15(18(25)26)10-21-23(11)14-5-7-22(8-6-14)17(24)13-4-2-3-12(9-13)16(19)20/h2-4,9-10,14,16H,5-8H2,1H3,(H,25,26). The highest BCUT2D eigenvalue weighted by Gasteiger charge is 2.27. The quantitative estimate of drug-likeness (QED) is 0.904. The van der Waals surface area contributed by atoms with Gasteiger partial charge in [0.1, 0.15) is 5.56 Å². The lowest BCUT2D eigenvalue weighted by Gasteiger charge is -2.32. The SMILES string of the molecule is Cc1c(C(=O)O)cnn1C1CCN(C(=O)c2cccc(C(F)F)c2)CC1. The number of aromatic carboxylic acids is 1. The first-order chi connectivity index (χ1) is 12.4. The highest BCUT2D eigenvalue weighted by molar-refractivity contribution is 5.94. The zero-order valence-corrected chi connectivity index (χ0v) is 14.2. The third kappa shape index (κ3) is 3.44. The van der Waals surface area contributed by atoms with Crippen molar-refractivity contribution in [2.24, 2.45) is 0 Å². The molecule has 1 aromatic carbocycles. The highest BCUT2D eigenvalue weighted by Crippen LogP contribution is 2.26. The van der Waals surface area contributed by atoms with Crippen molar-refractivity contribution in [1.82, 2.24) is 14.7 Å². The monoisotopic (exact) mass is 363 g/mol. The van der Waals surface area contributed by atoms with Crippen LogP contribution in [-0.2, 0) is 0 Å². The minimum Gasteiger partial charge on any atom is -0.478 e. The fourth-order valence-electron chi connectivity index (χ4n) is 3.31. The lowest BCUT2D eigenvalue weighted by Crippen LogP contribution is -2.39. The molecular formula is C18H19F2N3O3. The van der Waals surface area contributed by atoms with Gasteiger partial charge in [0.05, 0.1) is 17.9 Å². The molecule has 0 bridgehead atoms. The summed E-state index contributed by atoms with van der Waals surface area (Å²) in [4.78, 5) is 25.3. The smallest absolute Gasteiger partial charge is 0.339 e. The molecule has 6 nitrogen and oxygen atoms in total. The largest absolute Gasteiger partial charge is 0.478 e. The number of piperidine rings is 1. The van der Waals surface area contributed by atoms with Gasteiger partial charge in [-0.1, -0.05) is 12.1 Å². The van der Waals surface area contributed by atoms with E-state index in [1.165, 1.54) is 30.5 Å². The highest BCUT2D eigenvalue weighted by atomic mass is 19.3. The molecule has 1 aliphatic heterocycles. The van der Waals surface area contributed by atoms with Crippen LogP contribution in [-0.4, -0.2) is 44.8 Å². The number of carboxylic acids is 1. The Balaban J connectivity index is 1.68. The molecule has 3 rings (SSSR count). The third-order valence-corrected chi connectivity index (χ3v) is 4.76. The molecule has 0 spiro atoms. The van der Waals surface area contributed by atoms with E-state index < -0.39 is 12.4 Å². The second-order valence-corrected chi connectivity index (χ2v) is 6.34. The van der Waals surface area contributed by atoms with E-state index in [-0.39, 0.29) is 28.6 Å². The van der Waals surface area contributed by atoms with Gasteiger partial charge >= 0.3 is 5.97 Å². The van der Waals surface area contributed by atoms with Crippen LogP contribution in [0.15, 0.2) is 30.5 Å². The van der Waals surface area contributed by atoms with E-state index in [1.54, 1.807) is 16.5 Å². The Morgan fingerprint density at radius 3 is 2.54 bits per heavy atom. The maximum absolute atomic E-state index is 12.8. The van der Waals surface area contributed by atoms with Crippen LogP contribution in [0.25, 0.3) is 0 Å². The van der Waals surface area contributed by atoms with Crippen LogP contribution in [0.4, 0.5) is 8.78 Å². The van der Waals surface area contributed by atoms with Crippen molar-refractivity contribution in [2.75, 3.05) is 13.1 Å². The van der Waals surface area contributed by atoms with Gasteiger partial charge in [-0.3, -0.25) is 9.48 Å². The number of benzene rings is 1. The number of halogens is 2. The molecule has 1 aromatic heterocycles. The summed E-state index contributed by atoms with van der Waals surface area (Å²) in [5.74, 6) is -1.28. The molecule has 2 heterocycles. The summed E-state index contributed by atoms with van der Waals surface area (Å²) in [7, 11) is 0. The van der Waals surface area contributed by atoms with Crippen molar-refractivity contribution in [3.63, 3.8) is 0 Å². The maximum atomic E-state index is 12.8. The molecule has 1 amide bonds. The Hall–Kier alpha value is -2.77. The maximum Gasteiger partial charge on any atom is 0.339 e. The van der Waals surface area contributed by atoms with Gasteiger partial charge in [-0.2, -0.15) is 5.10 Å². The fourth-order valence-corrected chi connectivity index (χ4v) is 3.31. The van der Waals surface area contributed by atoms with E-state index in [0.29, 0.717) is 31.6 Å². The van der Waals surface area contributed by atoms with Crippen LogP contribution in [0, 0.1) is 6.92 Å². The Kier molecular flexibility index (Phi) is 5.01. The van der Waals surface area contributed by atoms with E-state index in [9.17, 15) is 18.4 Å². The summed E-state index contributed by atoms with van der Waals surface area (Å²) >= 11 is 0. The first kappa shape index (κ1) is 18.0. The Bertz CT molecular complexity index is 827. The number of carbonyl (C=O) groups is 2. The van der Waals surface area contributed by atoms with Gasteiger partial charge in [0.15, 0.2) is 0 Å². The molecule has 0 radical (unpaired) electrons. The van der Waals surface area contributed by atoms with Crippen molar-refractivity contribution < 1.29 is 23.5 Å². The number of carbonyl (C=O) groups excluding carboxylic acids is 1. The number of aromatic nitrogens is 2. The van der Waals surface area contributed by atoms with E-state index in [0.717, 1.165) is 0 Å². The average molecular weight is 363 g/mol. The third-order valence-electron chi connectivity index (χ3n) is 4.76. The molecule has 0 aliphatic carbocycles. The summed E-state index contributed by atoms with van der Waals surface area (Å²) in [6, 6.07) is 5.54. The lowest BCUT2D eigenvalue weighted by atomic mass is 10.0. The summed E-state index contributed by atoms with van der Waals surface area (Å²) in [6.45, 7) is 2.64. The molecule has 138 valence electrons. The van der Waals surface area contributed by atoms with Gasteiger partial charge in [-0.25, -0.2) is 13.6 Å². The molecule has 1 aliphatic rings. The van der Waals surface area contributed by atoms with Gasteiger partial charge in [-0.15, -0.1) is 0 Å². The van der Waals surface area contributed by atoms with Crippen molar-refractivity contribution in [1.29, 1.82) is 0 Å². The number of amides is 1. The fraction of sp³-hybridized carbons (Fsp3) is 0.389. The molecule has 1 N–H and O–H groups in total. The summed E-state index contributed by atoms with van der Waals surface area (Å²) in [5, 5.41) is 13.3. The molecule has 26 heavy (non-hydrogen) atoms. The number of nitrogens with zero attached hydrogens (tertiary/aromatic N) is 3. The molecule has 2 aromatic rings. The van der Waals surface area contributed by atoms with Crippen molar-refractivity contribution in [3.05, 3.63) is 52.8 Å². The van der Waals surface area contributed by atoms with Crippen LogP contribution in [0.1, 0.15) is 57.3 Å². The first-order valence-electron chi connectivity index (χ1n) is 8.33. The zero-order valence-electron chi connectivity index (χ0n) is 14.2. The number of hydrogen-bond donors (Lipinski definition) is 1. The summed E-state index contributed by atoms with van der Waals surface area (Å²) in [5.41, 5.74) is 0.850. The predicted octanol–water partition coefficient (Wildman–Crippen LogP) is 3.30. The first-order valence-corrected chi connectivity index (χ1v) is 8.33. The second kappa shape index (κ2) is 7.23.